The predicted octanol–water partition coefficient (Wildman–Crippen LogP) is 3.71. The van der Waals surface area contributed by atoms with Crippen LogP contribution in [-0.4, -0.2) is 52.2 Å². The van der Waals surface area contributed by atoms with Gasteiger partial charge in [-0.1, -0.05) is 12.6 Å². The van der Waals surface area contributed by atoms with Crippen molar-refractivity contribution in [2.75, 3.05) is 31.6 Å². The first-order valence-corrected chi connectivity index (χ1v) is 11.1. The van der Waals surface area contributed by atoms with Crippen LogP contribution in [0, 0.1) is 0 Å². The molecular formula is C25H21N2O6S+. The first-order chi connectivity index (χ1) is 16.4. The Morgan fingerprint density at radius 3 is 2.53 bits per heavy atom. The van der Waals surface area contributed by atoms with Crippen LogP contribution in [0.2, 0.25) is 0 Å². The molecule has 1 fully saturated rings. The van der Waals surface area contributed by atoms with Crippen LogP contribution in [0.1, 0.15) is 10.4 Å². The molecule has 5 rings (SSSR count). The predicted molar refractivity (Wildman–Crippen MR) is 132 cm³/mol. The Bertz CT molecular complexity index is 1480. The molecule has 8 nitrogen and oxygen atoms in total. The van der Waals surface area contributed by atoms with E-state index in [9.17, 15) is 19.8 Å². The molecule has 1 aliphatic carbocycles. The maximum atomic E-state index is 12.3. The van der Waals surface area contributed by atoms with Gasteiger partial charge in [0.15, 0.2) is 5.43 Å². The van der Waals surface area contributed by atoms with Gasteiger partial charge in [0.2, 0.25) is 0 Å². The highest BCUT2D eigenvalue weighted by Crippen LogP contribution is 2.42. The lowest BCUT2D eigenvalue weighted by molar-refractivity contribution is -0.546. The van der Waals surface area contributed by atoms with Gasteiger partial charge in [0.1, 0.15) is 35.9 Å². The van der Waals surface area contributed by atoms with Gasteiger partial charge >= 0.3 is 11.1 Å². The quantitative estimate of drug-likeness (QED) is 0.154. The SMILES string of the molecule is O=C(O)c1cc(NC(S)=[N+]2CCOCC2)ccc1-c1c2ccc(=O)cc-2oc2cc(O)ccc12. The fourth-order valence-electron chi connectivity index (χ4n) is 4.15. The number of thiol groups is 1. The number of rotatable bonds is 3. The Morgan fingerprint density at radius 2 is 1.76 bits per heavy atom. The van der Waals surface area contributed by atoms with Crippen LogP contribution in [0.3, 0.4) is 0 Å². The van der Waals surface area contributed by atoms with Gasteiger partial charge in [0, 0.05) is 28.6 Å². The van der Waals surface area contributed by atoms with E-state index in [0.29, 0.717) is 70.6 Å². The van der Waals surface area contributed by atoms with E-state index in [-0.39, 0.29) is 16.7 Å². The first-order valence-electron chi connectivity index (χ1n) is 10.6. The average molecular weight is 478 g/mol. The Labute approximate surface area is 199 Å². The summed E-state index contributed by atoms with van der Waals surface area (Å²) in [5, 5.41) is 24.4. The van der Waals surface area contributed by atoms with Crippen molar-refractivity contribution in [3.05, 3.63) is 70.4 Å². The van der Waals surface area contributed by atoms with Gasteiger partial charge in [-0.25, -0.2) is 10.1 Å². The molecule has 0 amide bonds. The summed E-state index contributed by atoms with van der Waals surface area (Å²) in [6, 6.07) is 14.1. The van der Waals surface area contributed by atoms with E-state index in [0.717, 1.165) is 0 Å². The minimum absolute atomic E-state index is 0.00204. The highest BCUT2D eigenvalue weighted by atomic mass is 32.1. The second kappa shape index (κ2) is 8.85. The van der Waals surface area contributed by atoms with Crippen molar-refractivity contribution in [2.24, 2.45) is 0 Å². The Morgan fingerprint density at radius 1 is 1.00 bits per heavy atom. The van der Waals surface area contributed by atoms with Crippen molar-refractivity contribution in [3.8, 4) is 28.2 Å². The van der Waals surface area contributed by atoms with Crippen molar-refractivity contribution in [1.82, 2.24) is 0 Å². The number of nitrogens with one attached hydrogen (secondary N) is 1. The number of carbonyl (C=O) groups is 1. The number of carboxylic acids is 1. The van der Waals surface area contributed by atoms with E-state index in [1.807, 2.05) is 4.58 Å². The molecule has 9 heteroatoms. The van der Waals surface area contributed by atoms with Gasteiger partial charge in [-0.15, -0.1) is 0 Å². The van der Waals surface area contributed by atoms with Gasteiger partial charge < -0.3 is 19.4 Å². The van der Waals surface area contributed by atoms with Crippen molar-refractivity contribution in [3.63, 3.8) is 0 Å². The zero-order valence-electron chi connectivity index (χ0n) is 17.9. The minimum Gasteiger partial charge on any atom is -0.508 e. The summed E-state index contributed by atoms with van der Waals surface area (Å²) in [5.41, 5.74) is 2.40. The number of hydrogen-bond donors (Lipinski definition) is 4. The van der Waals surface area contributed by atoms with Crippen molar-refractivity contribution in [1.29, 1.82) is 0 Å². The second-order valence-electron chi connectivity index (χ2n) is 7.93. The number of benzene rings is 3. The fraction of sp³-hybridized carbons (Fsp3) is 0.160. The van der Waals surface area contributed by atoms with E-state index in [2.05, 4.69) is 17.9 Å². The van der Waals surface area contributed by atoms with Crippen molar-refractivity contribution < 1.29 is 28.7 Å². The fourth-order valence-corrected chi connectivity index (χ4v) is 4.48. The van der Waals surface area contributed by atoms with E-state index < -0.39 is 5.97 Å². The summed E-state index contributed by atoms with van der Waals surface area (Å²) in [6.07, 6.45) is 0. The smallest absolute Gasteiger partial charge is 0.336 e. The molecule has 1 saturated heterocycles. The highest BCUT2D eigenvalue weighted by molar-refractivity contribution is 7.97. The second-order valence-corrected chi connectivity index (χ2v) is 8.35. The van der Waals surface area contributed by atoms with E-state index in [1.54, 1.807) is 30.3 Å². The number of carboxylic acid groups (broad SMARTS) is 1. The number of nitrogens with zero attached hydrogens (tertiary/aromatic N) is 1. The Balaban J connectivity index is 1.69. The maximum absolute atomic E-state index is 12.3. The zero-order valence-corrected chi connectivity index (χ0v) is 18.8. The third-order valence-corrected chi connectivity index (χ3v) is 6.16. The number of amidine groups is 1. The van der Waals surface area contributed by atoms with Crippen LogP contribution >= 0.6 is 12.6 Å². The molecule has 0 saturated carbocycles. The zero-order chi connectivity index (χ0) is 23.8. The monoisotopic (exact) mass is 477 g/mol. The van der Waals surface area contributed by atoms with Crippen molar-refractivity contribution >= 4 is 40.4 Å². The normalized spacial score (nSPS) is 13.9. The number of aromatic carboxylic acids is 1. The molecule has 2 aromatic carbocycles. The molecule has 0 bridgehead atoms. The molecule has 0 spiro atoms. The maximum Gasteiger partial charge on any atom is 0.336 e. The molecule has 34 heavy (non-hydrogen) atoms. The van der Waals surface area contributed by atoms with Crippen molar-refractivity contribution in [2.45, 2.75) is 0 Å². The Kier molecular flexibility index (Phi) is 5.72. The molecule has 0 radical (unpaired) electrons. The number of fused-ring (bicyclic) bond motifs is 2. The number of phenolic OH excluding ortho intramolecular Hbond substituents is 1. The highest BCUT2D eigenvalue weighted by Gasteiger charge is 2.23. The molecule has 0 aromatic heterocycles. The molecule has 3 aliphatic rings. The summed E-state index contributed by atoms with van der Waals surface area (Å²) < 4.78 is 13.2. The van der Waals surface area contributed by atoms with Crippen LogP contribution in [-0.2, 0) is 4.74 Å². The van der Waals surface area contributed by atoms with Gasteiger partial charge in [-0.2, -0.15) is 0 Å². The first kappa shape index (κ1) is 22.0. The summed E-state index contributed by atoms with van der Waals surface area (Å²) in [7, 11) is 0. The summed E-state index contributed by atoms with van der Waals surface area (Å²) in [6.45, 7) is 2.58. The lowest BCUT2D eigenvalue weighted by atomic mass is 9.90. The Hall–Kier alpha value is -3.82. The van der Waals surface area contributed by atoms with Gasteiger partial charge in [-0.3, -0.25) is 9.37 Å². The molecule has 2 heterocycles. The van der Waals surface area contributed by atoms with E-state index >= 15 is 0 Å². The molecule has 0 unspecified atom stereocenters. The van der Waals surface area contributed by atoms with Crippen LogP contribution in [0.15, 0.2) is 63.8 Å². The van der Waals surface area contributed by atoms with Crippen LogP contribution in [0.4, 0.5) is 5.69 Å². The molecule has 2 aromatic rings. The summed E-state index contributed by atoms with van der Waals surface area (Å²) >= 11 is 4.54. The van der Waals surface area contributed by atoms with Crippen LogP contribution in [0.5, 0.6) is 5.75 Å². The number of phenols is 1. The third kappa shape index (κ3) is 4.11. The van der Waals surface area contributed by atoms with Gasteiger partial charge in [0.25, 0.3) is 0 Å². The minimum atomic E-state index is -1.10. The number of anilines is 1. The number of aromatic hydroxyl groups is 1. The van der Waals surface area contributed by atoms with Gasteiger partial charge in [-0.05, 0) is 48.0 Å². The van der Waals surface area contributed by atoms with E-state index in [1.165, 1.54) is 24.3 Å². The lowest BCUT2D eigenvalue weighted by Gasteiger charge is -2.17. The number of ether oxygens (including phenoxy) is 1. The molecule has 172 valence electrons. The summed E-state index contributed by atoms with van der Waals surface area (Å²) in [5.74, 6) is -0.803. The molecule has 3 N–H and O–H groups in total. The topological polar surface area (TPSA) is 112 Å². The van der Waals surface area contributed by atoms with E-state index in [4.69, 9.17) is 9.15 Å². The number of morpholine rings is 1. The standard InChI is InChI=1S/C25H20N2O6S/c28-15-2-5-18-21(12-15)33-22-13-16(29)3-6-19(22)23(18)17-4-1-14(11-20(17)24(30)31)26-25(34)27-7-9-32-10-8-27/h1-6,11-13H,7-10H2,(H3,26,28,29,30,31,34)/p+1. The number of hydrogen-bond acceptors (Lipinski definition) is 5. The van der Waals surface area contributed by atoms with Crippen LogP contribution in [0.25, 0.3) is 33.4 Å². The molecule has 2 aliphatic heterocycles. The summed E-state index contributed by atoms with van der Waals surface area (Å²) in [4.78, 5) is 24.3. The molecular weight excluding hydrogens is 456 g/mol. The average Bonchev–Trinajstić information content (AvgIpc) is 2.83. The largest absolute Gasteiger partial charge is 0.508 e. The van der Waals surface area contributed by atoms with Crippen LogP contribution < -0.4 is 10.7 Å². The van der Waals surface area contributed by atoms with Gasteiger partial charge in [0.05, 0.1) is 18.8 Å². The third-order valence-electron chi connectivity index (χ3n) is 5.76. The lowest BCUT2D eigenvalue weighted by Crippen LogP contribution is -2.34. The molecule has 0 atom stereocenters.